The van der Waals surface area contributed by atoms with Gasteiger partial charge in [0, 0.05) is 35.5 Å². The topological polar surface area (TPSA) is 85.1 Å². The molecule has 3 aromatic rings. The number of carbonyl (C=O) groups is 2. The lowest BCUT2D eigenvalue weighted by atomic mass is 9.85. The van der Waals surface area contributed by atoms with Crippen LogP contribution in [-0.2, 0) is 6.42 Å². The number of aromatic nitrogens is 2. The lowest BCUT2D eigenvalue weighted by molar-refractivity contribution is 0.0958. The van der Waals surface area contributed by atoms with E-state index in [1.54, 1.807) is 36.6 Å². The molecule has 26 heavy (non-hydrogen) atoms. The van der Waals surface area contributed by atoms with E-state index in [-0.39, 0.29) is 23.6 Å². The van der Waals surface area contributed by atoms with E-state index in [0.717, 1.165) is 5.76 Å². The van der Waals surface area contributed by atoms with Crippen LogP contribution >= 0.6 is 11.6 Å². The molecule has 0 saturated heterocycles. The number of Topliss-reactive ketones (excluding diaryl/α,β-unsaturated/α-hetero) is 1. The SMILES string of the molecule is O=C(Nc1ncc2c(n1)C[C@@H](c1ccco1)CC2=O)c1cccc(Cl)c1. The standard InChI is InChI=1S/C19H14ClN3O3/c20-13-4-1-3-11(7-13)18(25)23-19-21-10-14-15(22-19)8-12(9-16(14)24)17-5-2-6-26-17/h1-7,10,12H,8-9H2,(H,21,22,23,25)/t12-/m1/s1. The number of anilines is 1. The minimum atomic E-state index is -0.364. The second kappa shape index (κ2) is 6.72. The van der Waals surface area contributed by atoms with Gasteiger partial charge in [-0.3, -0.25) is 14.9 Å². The van der Waals surface area contributed by atoms with Gasteiger partial charge in [-0.25, -0.2) is 9.97 Å². The molecule has 1 aromatic carbocycles. The number of fused-ring (bicyclic) bond motifs is 1. The Morgan fingerprint density at radius 2 is 2.12 bits per heavy atom. The van der Waals surface area contributed by atoms with E-state index in [1.165, 1.54) is 6.20 Å². The fraction of sp³-hybridized carbons (Fsp3) is 0.158. The first-order chi connectivity index (χ1) is 12.6. The number of nitrogens with one attached hydrogen (secondary N) is 1. The highest BCUT2D eigenvalue weighted by Crippen LogP contribution is 2.32. The first-order valence-electron chi connectivity index (χ1n) is 8.09. The van der Waals surface area contributed by atoms with Crippen LogP contribution in [0.3, 0.4) is 0 Å². The summed E-state index contributed by atoms with van der Waals surface area (Å²) in [5, 5.41) is 3.11. The zero-order valence-electron chi connectivity index (χ0n) is 13.6. The van der Waals surface area contributed by atoms with Gasteiger partial charge in [0.05, 0.1) is 17.5 Å². The summed E-state index contributed by atoms with van der Waals surface area (Å²) >= 11 is 5.91. The Morgan fingerprint density at radius 1 is 1.23 bits per heavy atom. The quantitative estimate of drug-likeness (QED) is 0.759. The van der Waals surface area contributed by atoms with E-state index in [4.69, 9.17) is 16.0 Å². The summed E-state index contributed by atoms with van der Waals surface area (Å²) in [4.78, 5) is 33.1. The van der Waals surface area contributed by atoms with Gasteiger partial charge in [0.15, 0.2) is 5.78 Å². The third kappa shape index (κ3) is 3.23. The average molecular weight is 368 g/mol. The number of rotatable bonds is 3. The molecule has 0 fully saturated rings. The number of hydrogen-bond acceptors (Lipinski definition) is 5. The number of ketones is 1. The molecule has 2 aromatic heterocycles. The van der Waals surface area contributed by atoms with Gasteiger partial charge in [0.25, 0.3) is 5.91 Å². The summed E-state index contributed by atoms with van der Waals surface area (Å²) in [7, 11) is 0. The van der Waals surface area contributed by atoms with Gasteiger partial charge in [-0.2, -0.15) is 0 Å². The first-order valence-corrected chi connectivity index (χ1v) is 8.47. The number of benzene rings is 1. The second-order valence-electron chi connectivity index (χ2n) is 6.06. The lowest BCUT2D eigenvalue weighted by Gasteiger charge is -2.21. The summed E-state index contributed by atoms with van der Waals surface area (Å²) in [5.41, 5.74) is 1.51. The van der Waals surface area contributed by atoms with E-state index < -0.39 is 0 Å². The third-order valence-corrected chi connectivity index (χ3v) is 4.53. The van der Waals surface area contributed by atoms with Gasteiger partial charge in [0.2, 0.25) is 5.95 Å². The Labute approximate surface area is 154 Å². The van der Waals surface area contributed by atoms with Gasteiger partial charge in [-0.15, -0.1) is 0 Å². The minimum Gasteiger partial charge on any atom is -0.469 e. The van der Waals surface area contributed by atoms with Crippen LogP contribution in [-0.4, -0.2) is 21.7 Å². The smallest absolute Gasteiger partial charge is 0.258 e. The highest BCUT2D eigenvalue weighted by molar-refractivity contribution is 6.31. The minimum absolute atomic E-state index is 0.0274. The lowest BCUT2D eigenvalue weighted by Crippen LogP contribution is -2.22. The summed E-state index contributed by atoms with van der Waals surface area (Å²) in [6.45, 7) is 0. The van der Waals surface area contributed by atoms with Crippen LogP contribution in [0.4, 0.5) is 5.95 Å². The summed E-state index contributed by atoms with van der Waals surface area (Å²) < 4.78 is 5.42. The largest absolute Gasteiger partial charge is 0.469 e. The van der Waals surface area contributed by atoms with Gasteiger partial charge in [-0.1, -0.05) is 17.7 Å². The van der Waals surface area contributed by atoms with Gasteiger partial charge in [-0.05, 0) is 30.3 Å². The molecule has 0 bridgehead atoms. The number of halogens is 1. The molecule has 1 aliphatic carbocycles. The average Bonchev–Trinajstić information content (AvgIpc) is 3.16. The maximum atomic E-state index is 12.4. The maximum absolute atomic E-state index is 12.4. The highest BCUT2D eigenvalue weighted by atomic mass is 35.5. The molecule has 0 radical (unpaired) electrons. The van der Waals surface area contributed by atoms with Crippen LogP contribution in [0.2, 0.25) is 5.02 Å². The van der Waals surface area contributed by atoms with Crippen molar-refractivity contribution in [2.45, 2.75) is 18.8 Å². The van der Waals surface area contributed by atoms with Crippen molar-refractivity contribution < 1.29 is 14.0 Å². The Hall–Kier alpha value is -2.99. The molecule has 0 unspecified atom stereocenters. The number of amides is 1. The molecule has 0 aliphatic heterocycles. The van der Waals surface area contributed by atoms with Crippen LogP contribution < -0.4 is 5.32 Å². The van der Waals surface area contributed by atoms with E-state index in [0.29, 0.717) is 34.7 Å². The molecule has 1 aliphatic rings. The van der Waals surface area contributed by atoms with E-state index in [9.17, 15) is 9.59 Å². The number of nitrogens with zero attached hydrogens (tertiary/aromatic N) is 2. The normalized spacial score (nSPS) is 16.2. The van der Waals surface area contributed by atoms with Crippen molar-refractivity contribution >= 4 is 29.2 Å². The molecule has 1 N–H and O–H groups in total. The number of furan rings is 1. The van der Waals surface area contributed by atoms with E-state index >= 15 is 0 Å². The number of carbonyl (C=O) groups excluding carboxylic acids is 2. The van der Waals surface area contributed by atoms with E-state index in [1.807, 2.05) is 6.07 Å². The Bertz CT molecular complexity index is 985. The molecule has 6 nitrogen and oxygen atoms in total. The second-order valence-corrected chi connectivity index (χ2v) is 6.50. The molecular formula is C19H14ClN3O3. The van der Waals surface area contributed by atoms with Crippen molar-refractivity contribution in [3.05, 3.63) is 76.5 Å². The zero-order valence-corrected chi connectivity index (χ0v) is 14.4. The molecular weight excluding hydrogens is 354 g/mol. The van der Waals surface area contributed by atoms with Crippen LogP contribution in [0.5, 0.6) is 0 Å². The zero-order chi connectivity index (χ0) is 18.1. The van der Waals surface area contributed by atoms with Crippen LogP contribution in [0.1, 0.15) is 44.5 Å². The Kier molecular flexibility index (Phi) is 4.26. The van der Waals surface area contributed by atoms with Gasteiger partial charge >= 0.3 is 0 Å². The van der Waals surface area contributed by atoms with Crippen molar-refractivity contribution in [2.75, 3.05) is 5.32 Å². The molecule has 1 atom stereocenters. The third-order valence-electron chi connectivity index (χ3n) is 4.30. The van der Waals surface area contributed by atoms with Crippen molar-refractivity contribution in [1.82, 2.24) is 9.97 Å². The summed E-state index contributed by atoms with van der Waals surface area (Å²) in [6.07, 6.45) is 3.97. The molecule has 0 saturated carbocycles. The molecule has 2 heterocycles. The predicted octanol–water partition coefficient (Wildman–Crippen LogP) is 3.89. The summed E-state index contributed by atoms with van der Waals surface area (Å²) in [5.74, 6) is 0.461. The molecule has 130 valence electrons. The molecule has 7 heteroatoms. The fourth-order valence-electron chi connectivity index (χ4n) is 3.03. The number of hydrogen-bond donors (Lipinski definition) is 1. The van der Waals surface area contributed by atoms with Crippen LogP contribution in [0, 0.1) is 0 Å². The Balaban J connectivity index is 1.58. The maximum Gasteiger partial charge on any atom is 0.258 e. The highest BCUT2D eigenvalue weighted by Gasteiger charge is 2.29. The van der Waals surface area contributed by atoms with Crippen LogP contribution in [0.25, 0.3) is 0 Å². The molecule has 0 spiro atoms. The Morgan fingerprint density at radius 3 is 2.88 bits per heavy atom. The fourth-order valence-corrected chi connectivity index (χ4v) is 3.22. The van der Waals surface area contributed by atoms with Crippen LogP contribution in [0.15, 0.2) is 53.3 Å². The first kappa shape index (κ1) is 16.5. The van der Waals surface area contributed by atoms with Crippen molar-refractivity contribution in [1.29, 1.82) is 0 Å². The van der Waals surface area contributed by atoms with Gasteiger partial charge in [0.1, 0.15) is 5.76 Å². The van der Waals surface area contributed by atoms with E-state index in [2.05, 4.69) is 15.3 Å². The summed E-state index contributed by atoms with van der Waals surface area (Å²) in [6, 6.07) is 10.2. The van der Waals surface area contributed by atoms with Crippen molar-refractivity contribution in [2.24, 2.45) is 0 Å². The molecule has 4 rings (SSSR count). The molecule has 1 amide bonds. The monoisotopic (exact) mass is 367 g/mol. The van der Waals surface area contributed by atoms with Gasteiger partial charge < -0.3 is 4.42 Å². The van der Waals surface area contributed by atoms with Crippen molar-refractivity contribution in [3.63, 3.8) is 0 Å². The predicted molar refractivity (Wildman–Crippen MR) is 95.5 cm³/mol. The van der Waals surface area contributed by atoms with Crippen molar-refractivity contribution in [3.8, 4) is 0 Å².